The monoisotopic (exact) mass is 427 g/mol. The van der Waals surface area contributed by atoms with E-state index in [1.54, 1.807) is 18.2 Å². The highest BCUT2D eigenvalue weighted by Gasteiger charge is 2.15. The minimum atomic E-state index is -3.77. The average molecular weight is 428 g/mol. The van der Waals surface area contributed by atoms with Crippen LogP contribution in [-0.2, 0) is 10.0 Å². The largest absolute Gasteiger partial charge is 0.356 e. The first kappa shape index (κ1) is 20.7. The normalized spacial score (nSPS) is 12.1. The molecule has 3 rings (SSSR count). The summed E-state index contributed by atoms with van der Waals surface area (Å²) in [7, 11) is -3.77. The summed E-state index contributed by atoms with van der Waals surface area (Å²) in [6.45, 7) is 4.06. The Labute approximate surface area is 175 Å². The fraction of sp³-hybridized carbons (Fsp3) is 0.150. The molecule has 0 aliphatic rings. The van der Waals surface area contributed by atoms with Crippen molar-refractivity contribution in [1.82, 2.24) is 15.3 Å². The molecule has 1 unspecified atom stereocenters. The molecule has 7 nitrogen and oxygen atoms in total. The number of sulfonamides is 1. The van der Waals surface area contributed by atoms with Gasteiger partial charge in [0, 0.05) is 18.1 Å². The predicted octanol–water partition coefficient (Wildman–Crippen LogP) is 3.63. The van der Waals surface area contributed by atoms with E-state index in [2.05, 4.69) is 49.6 Å². The lowest BCUT2D eigenvalue weighted by molar-refractivity contribution is 0.601. The Kier molecular flexibility index (Phi) is 6.40. The van der Waals surface area contributed by atoms with Crippen LogP contribution in [0.25, 0.3) is 0 Å². The third-order valence-corrected chi connectivity index (χ3v) is 5.70. The molecular weight excluding hydrogens is 406 g/mol. The first-order valence-electron chi connectivity index (χ1n) is 8.87. The smallest absolute Gasteiger partial charge is 0.264 e. The van der Waals surface area contributed by atoms with Crippen LogP contribution in [-0.4, -0.2) is 23.5 Å². The van der Waals surface area contributed by atoms with Crippen molar-refractivity contribution in [3.8, 4) is 0 Å². The number of anilines is 2. The fourth-order valence-electron chi connectivity index (χ4n) is 2.55. The summed E-state index contributed by atoms with van der Waals surface area (Å²) in [6, 6.07) is 16.1. The zero-order valence-electron chi connectivity index (χ0n) is 16.0. The van der Waals surface area contributed by atoms with Gasteiger partial charge < -0.3 is 10.6 Å². The Hall–Kier alpha value is -3.04. The van der Waals surface area contributed by atoms with E-state index in [1.165, 1.54) is 30.1 Å². The van der Waals surface area contributed by atoms with E-state index in [9.17, 15) is 8.42 Å². The van der Waals surface area contributed by atoms with Crippen molar-refractivity contribution in [2.75, 3.05) is 10.0 Å². The van der Waals surface area contributed by atoms with E-state index in [-0.39, 0.29) is 16.9 Å². The van der Waals surface area contributed by atoms with Gasteiger partial charge in [-0.15, -0.1) is 0 Å². The molecule has 2 aromatic carbocycles. The molecule has 1 aromatic heterocycles. The van der Waals surface area contributed by atoms with E-state index < -0.39 is 10.0 Å². The second-order valence-corrected chi connectivity index (χ2v) is 8.52. The van der Waals surface area contributed by atoms with Gasteiger partial charge in [-0.1, -0.05) is 29.8 Å². The van der Waals surface area contributed by atoms with Gasteiger partial charge in [-0.3, -0.25) is 0 Å². The summed E-state index contributed by atoms with van der Waals surface area (Å²) >= 11 is 5.36. The van der Waals surface area contributed by atoms with Gasteiger partial charge in [0.25, 0.3) is 10.0 Å². The van der Waals surface area contributed by atoms with Gasteiger partial charge in [-0.2, -0.15) is 0 Å². The van der Waals surface area contributed by atoms with Crippen LogP contribution < -0.4 is 15.4 Å². The third kappa shape index (κ3) is 5.72. The van der Waals surface area contributed by atoms with Gasteiger partial charge in [-0.25, -0.2) is 23.1 Å². The summed E-state index contributed by atoms with van der Waals surface area (Å²) in [5.74, 6) is 0.0187. The standard InChI is InChI=1S/C20H21N5O2S2/c1-14-4-6-16(7-5-14)15(2)23-20(28)24-17-8-10-18(11-9-17)29(26,27)25-19-21-12-3-13-22-19/h3-13,15H,1-2H3,(H,21,22,25)(H2,23,24,28). The van der Waals surface area contributed by atoms with Gasteiger partial charge >= 0.3 is 0 Å². The van der Waals surface area contributed by atoms with Crippen LogP contribution >= 0.6 is 12.2 Å². The second-order valence-electron chi connectivity index (χ2n) is 6.43. The lowest BCUT2D eigenvalue weighted by Crippen LogP contribution is -2.30. The summed E-state index contributed by atoms with van der Waals surface area (Å²) in [6.07, 6.45) is 2.92. The maximum Gasteiger partial charge on any atom is 0.264 e. The molecule has 0 aliphatic heterocycles. The van der Waals surface area contributed by atoms with Gasteiger partial charge in [-0.05, 0) is 62.0 Å². The van der Waals surface area contributed by atoms with Crippen molar-refractivity contribution < 1.29 is 8.42 Å². The summed E-state index contributed by atoms with van der Waals surface area (Å²) < 4.78 is 27.2. The number of aryl methyl sites for hydroxylation is 1. The van der Waals surface area contributed by atoms with Crippen molar-refractivity contribution in [3.63, 3.8) is 0 Å². The number of benzene rings is 2. The molecule has 0 spiro atoms. The van der Waals surface area contributed by atoms with E-state index in [0.29, 0.717) is 10.8 Å². The second kappa shape index (κ2) is 8.97. The van der Waals surface area contributed by atoms with E-state index in [1.807, 2.05) is 13.8 Å². The average Bonchev–Trinajstić information content (AvgIpc) is 2.69. The van der Waals surface area contributed by atoms with Crippen LogP contribution in [0.3, 0.4) is 0 Å². The molecule has 3 N–H and O–H groups in total. The molecule has 150 valence electrons. The predicted molar refractivity (Wildman–Crippen MR) is 118 cm³/mol. The number of thiocarbonyl (C=S) groups is 1. The molecule has 3 aromatic rings. The number of nitrogens with one attached hydrogen (secondary N) is 3. The lowest BCUT2D eigenvalue weighted by atomic mass is 10.1. The molecule has 0 saturated carbocycles. The highest BCUT2D eigenvalue weighted by atomic mass is 32.2. The number of rotatable bonds is 6. The Bertz CT molecular complexity index is 1070. The van der Waals surface area contributed by atoms with Crippen molar-refractivity contribution >= 4 is 39.0 Å². The van der Waals surface area contributed by atoms with Gasteiger partial charge in [0.1, 0.15) is 0 Å². The molecular formula is C20H21N5O2S2. The molecule has 0 amide bonds. The number of nitrogens with zero attached hydrogens (tertiary/aromatic N) is 2. The van der Waals surface area contributed by atoms with E-state index in [4.69, 9.17) is 12.2 Å². The molecule has 1 heterocycles. The zero-order valence-corrected chi connectivity index (χ0v) is 17.6. The third-order valence-electron chi connectivity index (χ3n) is 4.14. The van der Waals surface area contributed by atoms with E-state index in [0.717, 1.165) is 5.56 Å². The maximum atomic E-state index is 12.4. The molecule has 1 atom stereocenters. The van der Waals surface area contributed by atoms with Crippen LogP contribution in [0, 0.1) is 6.92 Å². The van der Waals surface area contributed by atoms with Gasteiger partial charge in [0.15, 0.2) is 5.11 Å². The number of hydrogen-bond donors (Lipinski definition) is 3. The first-order valence-corrected chi connectivity index (χ1v) is 10.8. The van der Waals surface area contributed by atoms with Crippen LogP contribution in [0.2, 0.25) is 0 Å². The topological polar surface area (TPSA) is 96.0 Å². The van der Waals surface area contributed by atoms with Crippen molar-refractivity contribution in [2.45, 2.75) is 24.8 Å². The number of hydrogen-bond acceptors (Lipinski definition) is 5. The first-order chi connectivity index (χ1) is 13.8. The highest BCUT2D eigenvalue weighted by molar-refractivity contribution is 7.92. The Morgan fingerprint density at radius 3 is 2.24 bits per heavy atom. The molecule has 0 radical (unpaired) electrons. The quantitative estimate of drug-likeness (QED) is 0.517. The summed E-state index contributed by atoms with van der Waals surface area (Å²) in [4.78, 5) is 7.83. The van der Waals surface area contributed by atoms with Crippen molar-refractivity contribution in [3.05, 3.63) is 78.1 Å². The SMILES string of the molecule is Cc1ccc(C(C)NC(=S)Nc2ccc(S(=O)(=O)Nc3ncccn3)cc2)cc1. The Morgan fingerprint density at radius 2 is 1.62 bits per heavy atom. The van der Waals surface area contributed by atoms with E-state index >= 15 is 0 Å². The zero-order chi connectivity index (χ0) is 20.9. The molecule has 0 bridgehead atoms. The fourth-order valence-corrected chi connectivity index (χ4v) is 3.80. The molecule has 29 heavy (non-hydrogen) atoms. The molecule has 9 heteroatoms. The Morgan fingerprint density at radius 1 is 1.00 bits per heavy atom. The van der Waals surface area contributed by atoms with Crippen molar-refractivity contribution in [2.24, 2.45) is 0 Å². The minimum absolute atomic E-state index is 0.0187. The molecule has 0 saturated heterocycles. The van der Waals surface area contributed by atoms with Crippen molar-refractivity contribution in [1.29, 1.82) is 0 Å². The van der Waals surface area contributed by atoms with Crippen LogP contribution in [0.5, 0.6) is 0 Å². The minimum Gasteiger partial charge on any atom is -0.356 e. The maximum absolute atomic E-state index is 12.4. The molecule has 0 aliphatic carbocycles. The van der Waals surface area contributed by atoms with Gasteiger partial charge in [0.05, 0.1) is 10.9 Å². The highest BCUT2D eigenvalue weighted by Crippen LogP contribution is 2.17. The molecule has 0 fully saturated rings. The Balaban J connectivity index is 1.61. The summed E-state index contributed by atoms with van der Waals surface area (Å²) in [5, 5.41) is 6.73. The van der Waals surface area contributed by atoms with Crippen LogP contribution in [0.4, 0.5) is 11.6 Å². The lowest BCUT2D eigenvalue weighted by Gasteiger charge is -2.17. The van der Waals surface area contributed by atoms with Gasteiger partial charge in [0.2, 0.25) is 5.95 Å². The summed E-state index contributed by atoms with van der Waals surface area (Å²) in [5.41, 5.74) is 2.99. The number of aromatic nitrogens is 2. The van der Waals surface area contributed by atoms with Crippen LogP contribution in [0.1, 0.15) is 24.1 Å². The van der Waals surface area contributed by atoms with Crippen LogP contribution in [0.15, 0.2) is 71.9 Å².